The van der Waals surface area contributed by atoms with E-state index in [-0.39, 0.29) is 11.9 Å². The second-order valence-corrected chi connectivity index (χ2v) is 5.88. The number of likely N-dealkylation sites (N-methyl/N-ethyl adjacent to an activating group) is 1. The van der Waals surface area contributed by atoms with Crippen LogP contribution in [0.2, 0.25) is 0 Å². The van der Waals surface area contributed by atoms with Gasteiger partial charge in [0.25, 0.3) is 5.91 Å². The number of nitrogens with zero attached hydrogens (tertiary/aromatic N) is 4. The lowest BCUT2D eigenvalue weighted by molar-refractivity contribution is 0.0758. The van der Waals surface area contributed by atoms with Crippen molar-refractivity contribution in [2.24, 2.45) is 0 Å². The molecule has 1 aliphatic rings. The third-order valence-corrected chi connectivity index (χ3v) is 3.93. The Bertz CT molecular complexity index is 435. The van der Waals surface area contributed by atoms with E-state index in [0.717, 1.165) is 13.1 Å². The Morgan fingerprint density at radius 3 is 2.70 bits per heavy atom. The second-order valence-electron chi connectivity index (χ2n) is 5.88. The van der Waals surface area contributed by atoms with Crippen molar-refractivity contribution in [3.8, 4) is 0 Å². The van der Waals surface area contributed by atoms with E-state index in [1.165, 1.54) is 32.4 Å². The Morgan fingerprint density at radius 2 is 2.05 bits per heavy atom. The van der Waals surface area contributed by atoms with Gasteiger partial charge in [0, 0.05) is 32.4 Å². The van der Waals surface area contributed by atoms with Crippen LogP contribution in [0.5, 0.6) is 0 Å². The molecule has 0 aromatic carbocycles. The number of carbonyl (C=O) groups is 1. The lowest BCUT2D eigenvalue weighted by Gasteiger charge is -2.28. The average Bonchev–Trinajstić information content (AvgIpc) is 2.94. The summed E-state index contributed by atoms with van der Waals surface area (Å²) in [6, 6.07) is 2.01. The van der Waals surface area contributed by atoms with Gasteiger partial charge in [-0.3, -0.25) is 9.48 Å². The van der Waals surface area contributed by atoms with Gasteiger partial charge in [-0.05, 0) is 45.8 Å². The number of amides is 1. The smallest absolute Gasteiger partial charge is 0.271 e. The van der Waals surface area contributed by atoms with Crippen LogP contribution in [0.15, 0.2) is 12.3 Å². The average molecular weight is 278 g/mol. The van der Waals surface area contributed by atoms with Crippen LogP contribution in [0.4, 0.5) is 0 Å². The molecule has 1 saturated heterocycles. The van der Waals surface area contributed by atoms with Gasteiger partial charge < -0.3 is 9.80 Å². The highest BCUT2D eigenvalue weighted by molar-refractivity contribution is 5.92. The molecule has 1 aromatic rings. The summed E-state index contributed by atoms with van der Waals surface area (Å²) in [5, 5.41) is 4.23. The van der Waals surface area contributed by atoms with E-state index in [1.54, 1.807) is 16.9 Å². The summed E-state index contributed by atoms with van der Waals surface area (Å²) >= 11 is 0. The molecular weight excluding hydrogens is 252 g/mol. The minimum Gasteiger partial charge on any atom is -0.339 e. The molecule has 20 heavy (non-hydrogen) atoms. The van der Waals surface area contributed by atoms with Gasteiger partial charge in [0.15, 0.2) is 0 Å². The van der Waals surface area contributed by atoms with Crippen molar-refractivity contribution >= 4 is 5.91 Å². The SMILES string of the molecule is CC(C)n1nccc1C(=O)N(C)CCN1CCCCC1. The fraction of sp³-hybridized carbons (Fsp3) is 0.733. The molecule has 2 rings (SSSR count). The van der Waals surface area contributed by atoms with Crippen LogP contribution in [0.3, 0.4) is 0 Å². The fourth-order valence-corrected chi connectivity index (χ4v) is 2.67. The maximum Gasteiger partial charge on any atom is 0.271 e. The zero-order valence-electron chi connectivity index (χ0n) is 12.9. The molecule has 0 bridgehead atoms. The predicted molar refractivity (Wildman–Crippen MR) is 79.9 cm³/mol. The number of hydrogen-bond acceptors (Lipinski definition) is 3. The van der Waals surface area contributed by atoms with E-state index in [1.807, 2.05) is 25.8 Å². The molecule has 1 aromatic heterocycles. The van der Waals surface area contributed by atoms with E-state index in [2.05, 4.69) is 10.00 Å². The number of piperidine rings is 1. The van der Waals surface area contributed by atoms with Crippen molar-refractivity contribution in [3.63, 3.8) is 0 Å². The molecule has 0 radical (unpaired) electrons. The second kappa shape index (κ2) is 6.88. The maximum absolute atomic E-state index is 12.5. The molecule has 1 aliphatic heterocycles. The minimum atomic E-state index is 0.0632. The highest BCUT2D eigenvalue weighted by Crippen LogP contribution is 2.11. The van der Waals surface area contributed by atoms with E-state index >= 15 is 0 Å². The quantitative estimate of drug-likeness (QED) is 0.827. The zero-order valence-corrected chi connectivity index (χ0v) is 12.9. The molecule has 1 amide bonds. The largest absolute Gasteiger partial charge is 0.339 e. The zero-order chi connectivity index (χ0) is 14.5. The van der Waals surface area contributed by atoms with E-state index < -0.39 is 0 Å². The topological polar surface area (TPSA) is 41.4 Å². The number of hydrogen-bond donors (Lipinski definition) is 0. The molecule has 0 N–H and O–H groups in total. The van der Waals surface area contributed by atoms with Crippen LogP contribution in [-0.2, 0) is 0 Å². The summed E-state index contributed by atoms with van der Waals surface area (Å²) in [4.78, 5) is 16.7. The minimum absolute atomic E-state index is 0.0632. The normalized spacial score (nSPS) is 16.6. The Hall–Kier alpha value is -1.36. The maximum atomic E-state index is 12.5. The summed E-state index contributed by atoms with van der Waals surface area (Å²) in [5.41, 5.74) is 0.682. The molecule has 5 heteroatoms. The first-order chi connectivity index (χ1) is 9.59. The molecule has 2 heterocycles. The first-order valence-corrected chi connectivity index (χ1v) is 7.61. The van der Waals surface area contributed by atoms with Crippen molar-refractivity contribution in [1.82, 2.24) is 19.6 Å². The van der Waals surface area contributed by atoms with Gasteiger partial charge >= 0.3 is 0 Å². The molecule has 5 nitrogen and oxygen atoms in total. The number of aromatic nitrogens is 2. The first-order valence-electron chi connectivity index (χ1n) is 7.61. The van der Waals surface area contributed by atoms with Gasteiger partial charge in [-0.25, -0.2) is 0 Å². The molecular formula is C15H26N4O. The lowest BCUT2D eigenvalue weighted by atomic mass is 10.1. The standard InChI is InChI=1S/C15H26N4O/c1-13(2)19-14(7-8-16-19)15(20)17(3)11-12-18-9-5-4-6-10-18/h7-8,13H,4-6,9-12H2,1-3H3. The molecule has 0 aliphatic carbocycles. The summed E-state index contributed by atoms with van der Waals surface area (Å²) in [6.45, 7) is 8.17. The Morgan fingerprint density at radius 1 is 1.35 bits per heavy atom. The van der Waals surface area contributed by atoms with Crippen LogP contribution in [0.1, 0.15) is 49.6 Å². The van der Waals surface area contributed by atoms with Crippen LogP contribution >= 0.6 is 0 Å². The van der Waals surface area contributed by atoms with Crippen molar-refractivity contribution < 1.29 is 4.79 Å². The predicted octanol–water partition coefficient (Wildman–Crippen LogP) is 2.02. The lowest BCUT2D eigenvalue weighted by Crippen LogP contribution is -2.39. The van der Waals surface area contributed by atoms with Crippen molar-refractivity contribution in [2.75, 3.05) is 33.2 Å². The highest BCUT2D eigenvalue weighted by atomic mass is 16.2. The van der Waals surface area contributed by atoms with Gasteiger partial charge in [-0.15, -0.1) is 0 Å². The van der Waals surface area contributed by atoms with E-state index in [4.69, 9.17) is 0 Å². The van der Waals surface area contributed by atoms with Crippen LogP contribution < -0.4 is 0 Å². The third kappa shape index (κ3) is 3.60. The van der Waals surface area contributed by atoms with E-state index in [0.29, 0.717) is 5.69 Å². The van der Waals surface area contributed by atoms with Gasteiger partial charge in [0.05, 0.1) is 0 Å². The van der Waals surface area contributed by atoms with Gasteiger partial charge in [-0.1, -0.05) is 6.42 Å². The monoisotopic (exact) mass is 278 g/mol. The third-order valence-electron chi connectivity index (χ3n) is 3.93. The molecule has 112 valence electrons. The number of likely N-dealkylation sites (tertiary alicyclic amines) is 1. The molecule has 1 fully saturated rings. The molecule has 0 saturated carbocycles. The Labute approximate surface area is 121 Å². The molecule has 0 spiro atoms. The van der Waals surface area contributed by atoms with Gasteiger partial charge in [0.1, 0.15) is 5.69 Å². The summed E-state index contributed by atoms with van der Waals surface area (Å²) in [6.07, 6.45) is 5.63. The first kappa shape index (κ1) is 15.0. The summed E-state index contributed by atoms with van der Waals surface area (Å²) < 4.78 is 1.79. The van der Waals surface area contributed by atoms with Crippen LogP contribution in [0.25, 0.3) is 0 Å². The van der Waals surface area contributed by atoms with Crippen LogP contribution in [0, 0.1) is 0 Å². The number of rotatable bonds is 5. The van der Waals surface area contributed by atoms with Crippen molar-refractivity contribution in [3.05, 3.63) is 18.0 Å². The highest BCUT2D eigenvalue weighted by Gasteiger charge is 2.19. The fourth-order valence-electron chi connectivity index (χ4n) is 2.67. The van der Waals surface area contributed by atoms with Gasteiger partial charge in [0.2, 0.25) is 0 Å². The molecule has 0 unspecified atom stereocenters. The Balaban J connectivity index is 1.89. The Kier molecular flexibility index (Phi) is 5.17. The summed E-state index contributed by atoms with van der Waals surface area (Å²) in [5.74, 6) is 0.0632. The molecule has 0 atom stereocenters. The van der Waals surface area contributed by atoms with Crippen LogP contribution in [-0.4, -0.2) is 58.7 Å². The van der Waals surface area contributed by atoms with Crippen molar-refractivity contribution in [1.29, 1.82) is 0 Å². The number of carbonyl (C=O) groups excluding carboxylic acids is 1. The van der Waals surface area contributed by atoms with Crippen molar-refractivity contribution in [2.45, 2.75) is 39.2 Å². The van der Waals surface area contributed by atoms with E-state index in [9.17, 15) is 4.79 Å². The summed E-state index contributed by atoms with van der Waals surface area (Å²) in [7, 11) is 1.88. The van der Waals surface area contributed by atoms with Gasteiger partial charge in [-0.2, -0.15) is 5.10 Å².